The van der Waals surface area contributed by atoms with Crippen LogP contribution in [0.25, 0.3) is 0 Å². The standard InChI is InChI=1S/C14H16ClNO4/c1-20-10-4-6-16(7-5-10)13(17)11-3-2-9(14(18)19)8-12(11)15/h2-3,8,10H,4-7H2,1H3,(H,18,19). The highest BCUT2D eigenvalue weighted by Crippen LogP contribution is 2.22. The molecule has 1 aliphatic rings. The topological polar surface area (TPSA) is 66.8 Å². The minimum absolute atomic E-state index is 0.0737. The predicted molar refractivity (Wildman–Crippen MR) is 74.3 cm³/mol. The fraction of sp³-hybridized carbons (Fsp3) is 0.429. The molecular formula is C14H16ClNO4. The molecule has 2 rings (SSSR count). The maximum Gasteiger partial charge on any atom is 0.335 e. The Morgan fingerprint density at radius 2 is 2.00 bits per heavy atom. The van der Waals surface area contributed by atoms with Gasteiger partial charge in [-0.15, -0.1) is 0 Å². The van der Waals surface area contributed by atoms with Crippen LogP contribution in [0.2, 0.25) is 5.02 Å². The zero-order chi connectivity index (χ0) is 14.7. The number of likely N-dealkylation sites (tertiary alicyclic amines) is 1. The summed E-state index contributed by atoms with van der Waals surface area (Å²) in [5, 5.41) is 9.05. The van der Waals surface area contributed by atoms with Crippen LogP contribution in [-0.2, 0) is 4.74 Å². The molecule has 0 aliphatic carbocycles. The zero-order valence-corrected chi connectivity index (χ0v) is 11.9. The van der Waals surface area contributed by atoms with E-state index in [2.05, 4.69) is 0 Å². The van der Waals surface area contributed by atoms with E-state index in [9.17, 15) is 9.59 Å². The molecule has 0 bridgehead atoms. The van der Waals surface area contributed by atoms with Crippen molar-refractivity contribution in [1.82, 2.24) is 4.90 Å². The number of rotatable bonds is 3. The van der Waals surface area contributed by atoms with Gasteiger partial charge in [0.15, 0.2) is 0 Å². The van der Waals surface area contributed by atoms with Crippen molar-refractivity contribution in [1.29, 1.82) is 0 Å². The number of hydrogen-bond donors (Lipinski definition) is 1. The normalized spacial score (nSPS) is 16.2. The molecule has 0 unspecified atom stereocenters. The fourth-order valence-electron chi connectivity index (χ4n) is 2.29. The number of methoxy groups -OCH3 is 1. The van der Waals surface area contributed by atoms with Gasteiger partial charge in [0.25, 0.3) is 5.91 Å². The second-order valence-corrected chi connectivity index (χ2v) is 5.13. The van der Waals surface area contributed by atoms with Crippen LogP contribution in [0.1, 0.15) is 33.6 Å². The lowest BCUT2D eigenvalue weighted by Crippen LogP contribution is -2.40. The van der Waals surface area contributed by atoms with Crippen molar-refractivity contribution in [3.8, 4) is 0 Å². The predicted octanol–water partition coefficient (Wildman–Crippen LogP) is 2.29. The van der Waals surface area contributed by atoms with E-state index in [4.69, 9.17) is 21.4 Å². The molecule has 0 saturated carbocycles. The quantitative estimate of drug-likeness (QED) is 0.929. The van der Waals surface area contributed by atoms with E-state index in [1.54, 1.807) is 12.0 Å². The van der Waals surface area contributed by atoms with Crippen LogP contribution in [0, 0.1) is 0 Å². The minimum atomic E-state index is -1.06. The lowest BCUT2D eigenvalue weighted by atomic mass is 10.1. The molecule has 1 aliphatic heterocycles. The molecule has 1 aromatic carbocycles. The van der Waals surface area contributed by atoms with Gasteiger partial charge in [0, 0.05) is 20.2 Å². The molecule has 1 fully saturated rings. The lowest BCUT2D eigenvalue weighted by Gasteiger charge is -2.31. The van der Waals surface area contributed by atoms with Gasteiger partial charge < -0.3 is 14.7 Å². The Morgan fingerprint density at radius 1 is 1.35 bits per heavy atom. The number of carbonyl (C=O) groups is 2. The maximum absolute atomic E-state index is 12.3. The smallest absolute Gasteiger partial charge is 0.335 e. The number of ether oxygens (including phenoxy) is 1. The molecule has 0 radical (unpaired) electrons. The number of piperidine rings is 1. The van der Waals surface area contributed by atoms with E-state index in [1.165, 1.54) is 18.2 Å². The number of amides is 1. The Bertz CT molecular complexity index is 524. The second kappa shape index (κ2) is 6.24. The second-order valence-electron chi connectivity index (χ2n) is 4.73. The van der Waals surface area contributed by atoms with E-state index < -0.39 is 5.97 Å². The largest absolute Gasteiger partial charge is 0.478 e. The van der Waals surface area contributed by atoms with E-state index in [1.807, 2.05) is 0 Å². The summed E-state index contributed by atoms with van der Waals surface area (Å²) >= 11 is 6.01. The Morgan fingerprint density at radius 3 is 2.50 bits per heavy atom. The Balaban J connectivity index is 2.12. The monoisotopic (exact) mass is 297 g/mol. The van der Waals surface area contributed by atoms with Crippen LogP contribution in [0.15, 0.2) is 18.2 Å². The summed E-state index contributed by atoms with van der Waals surface area (Å²) in [6.45, 7) is 1.24. The molecule has 108 valence electrons. The SMILES string of the molecule is COC1CCN(C(=O)c2ccc(C(=O)O)cc2Cl)CC1. The third kappa shape index (κ3) is 3.11. The highest BCUT2D eigenvalue weighted by molar-refractivity contribution is 6.34. The molecule has 1 aromatic rings. The maximum atomic E-state index is 12.3. The van der Waals surface area contributed by atoms with Crippen LogP contribution in [0.3, 0.4) is 0 Å². The average Bonchev–Trinajstić information content (AvgIpc) is 2.46. The molecule has 0 aromatic heterocycles. The first-order valence-corrected chi connectivity index (χ1v) is 6.75. The molecule has 1 saturated heterocycles. The number of carboxylic acids is 1. The lowest BCUT2D eigenvalue weighted by molar-refractivity contribution is 0.0350. The summed E-state index contributed by atoms with van der Waals surface area (Å²) in [6.07, 6.45) is 1.80. The van der Waals surface area contributed by atoms with Gasteiger partial charge in [-0.3, -0.25) is 4.79 Å². The van der Waals surface area contributed by atoms with Gasteiger partial charge in [-0.1, -0.05) is 11.6 Å². The highest BCUT2D eigenvalue weighted by atomic mass is 35.5. The third-order valence-corrected chi connectivity index (χ3v) is 3.82. The van der Waals surface area contributed by atoms with Crippen LogP contribution >= 0.6 is 11.6 Å². The van der Waals surface area contributed by atoms with Crippen molar-refractivity contribution in [3.05, 3.63) is 34.3 Å². The minimum Gasteiger partial charge on any atom is -0.478 e. The van der Waals surface area contributed by atoms with Crippen molar-refractivity contribution in [2.75, 3.05) is 20.2 Å². The fourth-order valence-corrected chi connectivity index (χ4v) is 2.55. The molecule has 0 spiro atoms. The Kier molecular flexibility index (Phi) is 4.62. The summed E-state index contributed by atoms with van der Waals surface area (Å²) in [5.74, 6) is -1.23. The number of nitrogens with zero attached hydrogens (tertiary/aromatic N) is 1. The van der Waals surface area contributed by atoms with Crippen molar-refractivity contribution in [2.24, 2.45) is 0 Å². The van der Waals surface area contributed by atoms with Crippen molar-refractivity contribution < 1.29 is 19.4 Å². The molecule has 1 heterocycles. The molecular weight excluding hydrogens is 282 g/mol. The third-order valence-electron chi connectivity index (χ3n) is 3.51. The van der Waals surface area contributed by atoms with Gasteiger partial charge >= 0.3 is 5.97 Å². The molecule has 5 nitrogen and oxygen atoms in total. The highest BCUT2D eigenvalue weighted by Gasteiger charge is 2.25. The summed E-state index contributed by atoms with van der Waals surface area (Å²) in [7, 11) is 1.67. The van der Waals surface area contributed by atoms with E-state index in [0.29, 0.717) is 18.7 Å². The summed E-state index contributed by atoms with van der Waals surface area (Å²) in [4.78, 5) is 24.9. The number of halogens is 1. The van der Waals surface area contributed by atoms with Gasteiger partial charge in [-0.05, 0) is 31.0 Å². The molecule has 1 N–H and O–H groups in total. The molecule has 1 amide bonds. The van der Waals surface area contributed by atoms with Crippen LogP contribution < -0.4 is 0 Å². The van der Waals surface area contributed by atoms with Crippen LogP contribution in [-0.4, -0.2) is 48.2 Å². The van der Waals surface area contributed by atoms with Gasteiger partial charge in [-0.25, -0.2) is 4.79 Å². The van der Waals surface area contributed by atoms with E-state index in [0.717, 1.165) is 12.8 Å². The molecule has 6 heteroatoms. The first kappa shape index (κ1) is 14.8. The van der Waals surface area contributed by atoms with Gasteiger partial charge in [0.2, 0.25) is 0 Å². The molecule has 20 heavy (non-hydrogen) atoms. The first-order valence-electron chi connectivity index (χ1n) is 6.38. The number of carbonyl (C=O) groups excluding carboxylic acids is 1. The van der Waals surface area contributed by atoms with Crippen molar-refractivity contribution >= 4 is 23.5 Å². The summed E-state index contributed by atoms with van der Waals surface area (Å²) in [5.41, 5.74) is 0.414. The Hall–Kier alpha value is -1.59. The first-order chi connectivity index (χ1) is 9.52. The molecule has 0 atom stereocenters. The van der Waals surface area contributed by atoms with E-state index >= 15 is 0 Å². The number of hydrogen-bond acceptors (Lipinski definition) is 3. The summed E-state index contributed by atoms with van der Waals surface area (Å²) < 4.78 is 5.26. The summed E-state index contributed by atoms with van der Waals surface area (Å²) in [6, 6.07) is 4.17. The van der Waals surface area contributed by atoms with E-state index in [-0.39, 0.29) is 22.6 Å². The average molecular weight is 298 g/mol. The van der Waals surface area contributed by atoms with Gasteiger partial charge in [0.1, 0.15) is 0 Å². The van der Waals surface area contributed by atoms with Gasteiger partial charge in [-0.2, -0.15) is 0 Å². The van der Waals surface area contributed by atoms with Gasteiger partial charge in [0.05, 0.1) is 22.3 Å². The Labute approximate surface area is 122 Å². The number of aromatic carboxylic acids is 1. The van der Waals surface area contributed by atoms with Crippen LogP contribution in [0.5, 0.6) is 0 Å². The van der Waals surface area contributed by atoms with Crippen molar-refractivity contribution in [3.63, 3.8) is 0 Å². The van der Waals surface area contributed by atoms with Crippen molar-refractivity contribution in [2.45, 2.75) is 18.9 Å². The number of benzene rings is 1. The zero-order valence-electron chi connectivity index (χ0n) is 11.1. The number of carboxylic acid groups (broad SMARTS) is 1. The van der Waals surface area contributed by atoms with Crippen LogP contribution in [0.4, 0.5) is 0 Å².